The molecule has 0 saturated carbocycles. The van der Waals surface area contributed by atoms with Gasteiger partial charge in [-0.05, 0) is 63.8 Å². The molecule has 0 fully saturated rings. The van der Waals surface area contributed by atoms with E-state index in [2.05, 4.69) is 33.0 Å². The van der Waals surface area contributed by atoms with E-state index >= 15 is 0 Å². The molecule has 1 unspecified atom stereocenters. The fraction of sp³-hybridized carbons (Fsp3) is 0.600. The van der Waals surface area contributed by atoms with Crippen LogP contribution in [0.3, 0.4) is 0 Å². The van der Waals surface area contributed by atoms with Crippen molar-refractivity contribution in [3.05, 3.63) is 35.1 Å². The van der Waals surface area contributed by atoms with Gasteiger partial charge in [-0.15, -0.1) is 0 Å². The molecule has 0 aliphatic carbocycles. The molecular formula is C15H24FN. The Labute approximate surface area is 104 Å². The molecule has 0 radical (unpaired) electrons. The molecular weight excluding hydrogens is 213 g/mol. The van der Waals surface area contributed by atoms with Crippen LogP contribution in [0.5, 0.6) is 0 Å². The topological polar surface area (TPSA) is 12.0 Å². The van der Waals surface area contributed by atoms with Gasteiger partial charge in [0, 0.05) is 5.54 Å². The summed E-state index contributed by atoms with van der Waals surface area (Å²) in [5, 5.41) is 3.45. The first-order valence-corrected chi connectivity index (χ1v) is 6.30. The zero-order valence-electron chi connectivity index (χ0n) is 11.6. The Hall–Kier alpha value is -0.890. The van der Waals surface area contributed by atoms with Gasteiger partial charge in [-0.25, -0.2) is 4.39 Å². The Bertz CT molecular complexity index is 366. The minimum atomic E-state index is -0.0990. The third kappa shape index (κ3) is 4.86. The fourth-order valence-electron chi connectivity index (χ4n) is 1.75. The van der Waals surface area contributed by atoms with Crippen LogP contribution in [0.2, 0.25) is 0 Å². The van der Waals surface area contributed by atoms with Crippen LogP contribution in [0, 0.1) is 12.7 Å². The quantitative estimate of drug-likeness (QED) is 0.834. The number of benzene rings is 1. The fourth-order valence-corrected chi connectivity index (χ4v) is 1.75. The number of nitrogens with one attached hydrogen (secondary N) is 1. The van der Waals surface area contributed by atoms with E-state index in [4.69, 9.17) is 0 Å². The predicted molar refractivity (Wildman–Crippen MR) is 71.9 cm³/mol. The van der Waals surface area contributed by atoms with Crippen LogP contribution in [0.1, 0.15) is 51.2 Å². The summed E-state index contributed by atoms with van der Waals surface area (Å²) in [6.07, 6.45) is 1.03. The Morgan fingerprint density at radius 3 is 2.47 bits per heavy atom. The second-order valence-corrected chi connectivity index (χ2v) is 5.88. The second kappa shape index (κ2) is 5.63. The zero-order chi connectivity index (χ0) is 13.1. The molecule has 0 aromatic heterocycles. The first kappa shape index (κ1) is 14.2. The summed E-state index contributed by atoms with van der Waals surface area (Å²) in [6.45, 7) is 11.4. The third-order valence-electron chi connectivity index (χ3n) is 3.00. The van der Waals surface area contributed by atoms with Crippen LogP contribution >= 0.6 is 0 Å². The molecule has 1 N–H and O–H groups in total. The Kier molecular flexibility index (Phi) is 4.70. The van der Waals surface area contributed by atoms with Crippen molar-refractivity contribution in [2.24, 2.45) is 0 Å². The largest absolute Gasteiger partial charge is 0.312 e. The lowest BCUT2D eigenvalue weighted by molar-refractivity contribution is 0.413. The van der Waals surface area contributed by atoms with E-state index in [-0.39, 0.29) is 11.4 Å². The molecule has 1 aromatic rings. The van der Waals surface area contributed by atoms with Crippen molar-refractivity contribution < 1.29 is 4.39 Å². The summed E-state index contributed by atoms with van der Waals surface area (Å²) in [5.41, 5.74) is 1.95. The summed E-state index contributed by atoms with van der Waals surface area (Å²) in [7, 11) is 0. The summed E-state index contributed by atoms with van der Waals surface area (Å²) in [4.78, 5) is 0. The van der Waals surface area contributed by atoms with E-state index in [0.29, 0.717) is 11.5 Å². The van der Waals surface area contributed by atoms with E-state index in [1.54, 1.807) is 13.0 Å². The van der Waals surface area contributed by atoms with Gasteiger partial charge in [0.25, 0.3) is 0 Å². The van der Waals surface area contributed by atoms with Gasteiger partial charge in [-0.1, -0.05) is 19.1 Å². The molecule has 0 aliphatic rings. The molecule has 96 valence electrons. The summed E-state index contributed by atoms with van der Waals surface area (Å²) < 4.78 is 13.4. The SMILES string of the molecule is Cc1ccc(C(C)CCNC(C)(C)C)cc1F. The first-order valence-electron chi connectivity index (χ1n) is 6.30. The monoisotopic (exact) mass is 237 g/mol. The van der Waals surface area contributed by atoms with Gasteiger partial charge in [0.1, 0.15) is 5.82 Å². The molecule has 0 spiro atoms. The number of rotatable bonds is 4. The second-order valence-electron chi connectivity index (χ2n) is 5.88. The summed E-state index contributed by atoms with van der Waals surface area (Å²) in [6, 6.07) is 5.55. The molecule has 0 heterocycles. The van der Waals surface area contributed by atoms with Crippen molar-refractivity contribution in [2.45, 2.75) is 52.5 Å². The highest BCUT2D eigenvalue weighted by Crippen LogP contribution is 2.21. The van der Waals surface area contributed by atoms with Crippen LogP contribution in [-0.4, -0.2) is 12.1 Å². The van der Waals surface area contributed by atoms with Gasteiger partial charge in [-0.3, -0.25) is 0 Å². The van der Waals surface area contributed by atoms with Gasteiger partial charge in [0.15, 0.2) is 0 Å². The minimum Gasteiger partial charge on any atom is -0.312 e. The van der Waals surface area contributed by atoms with Crippen molar-refractivity contribution in [3.8, 4) is 0 Å². The summed E-state index contributed by atoms with van der Waals surface area (Å²) in [5.74, 6) is 0.290. The molecule has 1 rings (SSSR count). The molecule has 2 heteroatoms. The maximum Gasteiger partial charge on any atom is 0.126 e. The standard InChI is InChI=1S/C15H24FN/c1-11(8-9-17-15(3,4)5)13-7-6-12(2)14(16)10-13/h6-7,10-11,17H,8-9H2,1-5H3. The van der Waals surface area contributed by atoms with Crippen LogP contribution < -0.4 is 5.32 Å². The number of aryl methyl sites for hydroxylation is 1. The molecule has 0 amide bonds. The Morgan fingerprint density at radius 2 is 1.94 bits per heavy atom. The Morgan fingerprint density at radius 1 is 1.29 bits per heavy atom. The van der Waals surface area contributed by atoms with E-state index in [9.17, 15) is 4.39 Å². The highest BCUT2D eigenvalue weighted by molar-refractivity contribution is 5.25. The number of hydrogen-bond donors (Lipinski definition) is 1. The van der Waals surface area contributed by atoms with E-state index in [0.717, 1.165) is 18.5 Å². The average molecular weight is 237 g/mol. The van der Waals surface area contributed by atoms with Crippen LogP contribution in [0.4, 0.5) is 4.39 Å². The molecule has 0 aliphatic heterocycles. The lowest BCUT2D eigenvalue weighted by atomic mass is 9.96. The number of hydrogen-bond acceptors (Lipinski definition) is 1. The normalized spacial score (nSPS) is 13.8. The van der Waals surface area contributed by atoms with Crippen LogP contribution in [0.15, 0.2) is 18.2 Å². The van der Waals surface area contributed by atoms with Crippen LogP contribution in [-0.2, 0) is 0 Å². The van der Waals surface area contributed by atoms with E-state index in [1.165, 1.54) is 0 Å². The highest BCUT2D eigenvalue weighted by atomic mass is 19.1. The van der Waals surface area contributed by atoms with E-state index in [1.807, 2.05) is 12.1 Å². The molecule has 0 saturated heterocycles. The molecule has 1 nitrogen and oxygen atoms in total. The molecule has 0 bridgehead atoms. The van der Waals surface area contributed by atoms with Crippen molar-refractivity contribution in [3.63, 3.8) is 0 Å². The lowest BCUT2D eigenvalue weighted by Crippen LogP contribution is -2.36. The van der Waals surface area contributed by atoms with Crippen molar-refractivity contribution in [1.29, 1.82) is 0 Å². The molecule has 1 aromatic carbocycles. The maximum absolute atomic E-state index is 13.4. The van der Waals surface area contributed by atoms with Gasteiger partial charge in [-0.2, -0.15) is 0 Å². The lowest BCUT2D eigenvalue weighted by Gasteiger charge is -2.22. The molecule has 17 heavy (non-hydrogen) atoms. The zero-order valence-corrected chi connectivity index (χ0v) is 11.6. The van der Waals surface area contributed by atoms with Gasteiger partial charge >= 0.3 is 0 Å². The van der Waals surface area contributed by atoms with Crippen molar-refractivity contribution in [2.75, 3.05) is 6.54 Å². The first-order chi connectivity index (χ1) is 7.79. The Balaban J connectivity index is 2.52. The van der Waals surface area contributed by atoms with Crippen molar-refractivity contribution >= 4 is 0 Å². The van der Waals surface area contributed by atoms with Crippen molar-refractivity contribution in [1.82, 2.24) is 5.32 Å². The maximum atomic E-state index is 13.4. The average Bonchev–Trinajstić information content (AvgIpc) is 2.20. The van der Waals surface area contributed by atoms with Gasteiger partial charge < -0.3 is 5.32 Å². The number of halogens is 1. The van der Waals surface area contributed by atoms with Gasteiger partial charge in [0.2, 0.25) is 0 Å². The predicted octanol–water partition coefficient (Wildman–Crippen LogP) is 4.02. The minimum absolute atomic E-state index is 0.0990. The third-order valence-corrected chi connectivity index (χ3v) is 3.00. The highest BCUT2D eigenvalue weighted by Gasteiger charge is 2.11. The smallest absolute Gasteiger partial charge is 0.126 e. The van der Waals surface area contributed by atoms with E-state index < -0.39 is 0 Å². The summed E-state index contributed by atoms with van der Waals surface area (Å²) >= 11 is 0. The molecule has 1 atom stereocenters. The van der Waals surface area contributed by atoms with Gasteiger partial charge in [0.05, 0.1) is 0 Å². The van der Waals surface area contributed by atoms with Crippen LogP contribution in [0.25, 0.3) is 0 Å².